The van der Waals surface area contributed by atoms with E-state index in [-0.39, 0.29) is 11.8 Å². The minimum absolute atomic E-state index is 0.172. The molecular weight excluding hydrogens is 1330 g/mol. The fourth-order valence-electron chi connectivity index (χ4n) is 12.7. The quantitative estimate of drug-likeness (QED) is 0.0203. The van der Waals surface area contributed by atoms with Crippen LogP contribution >= 0.6 is 0 Å². The van der Waals surface area contributed by atoms with Gasteiger partial charge in [0.05, 0.1) is 22.7 Å². The van der Waals surface area contributed by atoms with Gasteiger partial charge in [0.1, 0.15) is 44.5 Å². The number of aryl methyl sites for hydroxylation is 4. The van der Waals surface area contributed by atoms with Crippen LogP contribution in [0.1, 0.15) is 177 Å². The molecule has 8 aromatic carbocycles. The second-order valence-electron chi connectivity index (χ2n) is 31.1. The van der Waals surface area contributed by atoms with Crippen LogP contribution < -0.4 is 40.2 Å². The van der Waals surface area contributed by atoms with Gasteiger partial charge in [-0.15, -0.1) is 9.13 Å². The summed E-state index contributed by atoms with van der Waals surface area (Å²) in [7, 11) is 0. The average Bonchev–Trinajstić information content (AvgIpc) is 0.747. The van der Waals surface area contributed by atoms with Gasteiger partial charge in [0, 0.05) is 85.8 Å². The van der Waals surface area contributed by atoms with Gasteiger partial charge in [0.2, 0.25) is 33.4 Å². The third-order valence-electron chi connectivity index (χ3n) is 17.6. The molecule has 0 saturated heterocycles. The van der Waals surface area contributed by atoms with Gasteiger partial charge in [0.25, 0.3) is 11.8 Å². The first-order chi connectivity index (χ1) is 50.2. The number of carbonyl (C=O) groups excluding carboxylic acids is 6. The molecule has 554 valence electrons. The van der Waals surface area contributed by atoms with Crippen LogP contribution in [0.4, 0.5) is 41.9 Å². The largest absolute Gasteiger partial charge is 0.444 e. The minimum Gasteiger partial charge on any atom is -0.444 e. The molecule has 4 N–H and O–H groups in total. The van der Waals surface area contributed by atoms with E-state index in [1.807, 2.05) is 244 Å². The van der Waals surface area contributed by atoms with Crippen LogP contribution in [0.2, 0.25) is 0 Å². The number of aromatic nitrogens is 4. The molecule has 10 rings (SSSR count). The van der Waals surface area contributed by atoms with Gasteiger partial charge in [0.15, 0.2) is 0 Å². The normalized spacial score (nSPS) is 11.9. The van der Waals surface area contributed by atoms with Crippen molar-refractivity contribution in [2.24, 2.45) is 0 Å². The Hall–Kier alpha value is -11.0. The first-order valence-electron chi connectivity index (χ1n) is 36.7. The van der Waals surface area contributed by atoms with E-state index in [9.17, 15) is 28.8 Å². The zero-order valence-corrected chi connectivity index (χ0v) is 64.3. The van der Waals surface area contributed by atoms with Crippen molar-refractivity contribution in [2.45, 2.75) is 185 Å². The van der Waals surface area contributed by atoms with Gasteiger partial charge in [-0.3, -0.25) is 30.0 Å². The van der Waals surface area contributed by atoms with E-state index in [0.717, 1.165) is 127 Å². The monoisotopic (exact) mass is 1430 g/mol. The van der Waals surface area contributed by atoms with Crippen molar-refractivity contribution in [3.63, 3.8) is 0 Å². The fraction of sp³-hybridized carbons (Fsp3) is 0.372. The summed E-state index contributed by atoms with van der Waals surface area (Å²) in [5.74, 6) is -0.345. The molecule has 0 bridgehead atoms. The first-order valence-corrected chi connectivity index (χ1v) is 36.7. The van der Waals surface area contributed by atoms with E-state index >= 15 is 0 Å². The van der Waals surface area contributed by atoms with Gasteiger partial charge >= 0.3 is 24.4 Å². The van der Waals surface area contributed by atoms with Crippen molar-refractivity contribution < 1.29 is 56.8 Å². The molecular formula is C86H102N10O10+2. The lowest BCUT2D eigenvalue weighted by Crippen LogP contribution is -2.38. The number of para-hydroxylation sites is 2. The van der Waals surface area contributed by atoms with E-state index < -0.39 is 46.8 Å². The summed E-state index contributed by atoms with van der Waals surface area (Å²) < 4.78 is 27.5. The highest BCUT2D eigenvalue weighted by Gasteiger charge is 2.32. The standard InChI is InChI=1S/C86H100N10O10/c1-55-47-67-73(51-65(55)91-79(99)103-83(5,6)7)95(63-31-23-21-24-32-63)75-53-71(57(3)49-69(75)89-67)93(81(101)105-85(11,12)13)45-29-19-17-27-43-87-77(97)61-39-35-59(36-40-61)60-37-41-62(42-38-60)78(98)88-44-28-18-20-30-46-94(82(102)106-86(14,15)16)72-54-76-70(50-58(72)4)90-68-48-56(2)66(92-80(100)104-84(8,9)10)52-74(68)96(76)64-33-25-22-26-34-64/h21-26,31-42,47-54H,17-20,27-30,43-46H2,1-16H3,(H2,87,88,97,98)/p+2. The maximum absolute atomic E-state index is 14.2. The highest BCUT2D eigenvalue weighted by Crippen LogP contribution is 2.34. The van der Waals surface area contributed by atoms with Crippen LogP contribution in [-0.4, -0.2) is 94.7 Å². The molecule has 0 aliphatic rings. The van der Waals surface area contributed by atoms with E-state index in [2.05, 4.69) is 30.4 Å². The molecule has 10 aromatic rings. The Kier molecular flexibility index (Phi) is 24.1. The number of unbranched alkanes of at least 4 members (excludes halogenated alkanes) is 6. The molecule has 0 aliphatic heterocycles. The number of hydrogen-bond donors (Lipinski definition) is 4. The van der Waals surface area contributed by atoms with Crippen molar-refractivity contribution in [3.8, 4) is 22.5 Å². The molecule has 20 nitrogen and oxygen atoms in total. The van der Waals surface area contributed by atoms with Crippen molar-refractivity contribution in [1.29, 1.82) is 0 Å². The smallest absolute Gasteiger partial charge is 0.414 e. The highest BCUT2D eigenvalue weighted by molar-refractivity contribution is 5.98. The van der Waals surface area contributed by atoms with E-state index in [1.54, 1.807) is 34.1 Å². The molecule has 0 atom stereocenters. The van der Waals surface area contributed by atoms with E-state index in [1.165, 1.54) is 0 Å². The second kappa shape index (κ2) is 33.0. The van der Waals surface area contributed by atoms with Crippen molar-refractivity contribution in [1.82, 2.24) is 20.6 Å². The molecule has 0 spiro atoms. The number of amides is 6. The summed E-state index contributed by atoms with van der Waals surface area (Å²) in [6, 6.07) is 50.4. The highest BCUT2D eigenvalue weighted by atomic mass is 16.6. The average molecular weight is 1440 g/mol. The Balaban J connectivity index is 0.707. The number of rotatable bonds is 23. The molecule has 0 radical (unpaired) electrons. The SMILES string of the molecule is Cc1cc2nc3cc(C)c(N(CCCCCCNC(=O)c4ccc(-c5ccc(C(=O)NCCCCCCN(C(=O)OC(C)(C)C)c6cc7c(cc6C)nc6cc(C)c(NC(=O)OC(C)(C)C)cc6[n+]7-c6ccccc6)cc5)cc4)C(=O)OC(C)(C)C)cc3[n+](-c3ccccc3)c2cc1NC(=O)OC(C)(C)C. The van der Waals surface area contributed by atoms with Crippen molar-refractivity contribution in [3.05, 3.63) is 191 Å². The van der Waals surface area contributed by atoms with Crippen LogP contribution in [0, 0.1) is 27.7 Å². The summed E-state index contributed by atoms with van der Waals surface area (Å²) >= 11 is 0. The Bertz CT molecular complexity index is 4580. The lowest BCUT2D eigenvalue weighted by atomic mass is 10.0. The summed E-state index contributed by atoms with van der Waals surface area (Å²) in [5.41, 5.74) is 13.6. The van der Waals surface area contributed by atoms with Crippen molar-refractivity contribution >= 4 is 103 Å². The zero-order chi connectivity index (χ0) is 76.4. The number of nitrogens with zero attached hydrogens (tertiary/aromatic N) is 6. The van der Waals surface area contributed by atoms with Crippen molar-refractivity contribution in [2.75, 3.05) is 46.6 Å². The fourth-order valence-corrected chi connectivity index (χ4v) is 12.7. The molecule has 2 heterocycles. The van der Waals surface area contributed by atoms with Gasteiger partial charge in [-0.25, -0.2) is 29.1 Å². The molecule has 0 aliphatic carbocycles. The van der Waals surface area contributed by atoms with Gasteiger partial charge in [-0.2, -0.15) is 0 Å². The number of hydrogen-bond acceptors (Lipinski definition) is 12. The number of fused-ring (bicyclic) bond motifs is 4. The molecule has 106 heavy (non-hydrogen) atoms. The number of anilines is 4. The maximum atomic E-state index is 14.2. The molecule has 0 fully saturated rings. The third-order valence-corrected chi connectivity index (χ3v) is 17.6. The molecule has 20 heteroatoms. The summed E-state index contributed by atoms with van der Waals surface area (Å²) in [4.78, 5) is 94.9. The number of nitrogens with one attached hydrogen (secondary N) is 4. The topological polar surface area (TPSA) is 227 Å². The second-order valence-corrected chi connectivity index (χ2v) is 31.1. The molecule has 0 saturated carbocycles. The third kappa shape index (κ3) is 20.3. The zero-order valence-electron chi connectivity index (χ0n) is 64.3. The minimum atomic E-state index is -0.746. The predicted molar refractivity (Wildman–Crippen MR) is 421 cm³/mol. The number of ether oxygens (including phenoxy) is 4. The lowest BCUT2D eigenvalue weighted by Gasteiger charge is -2.28. The summed E-state index contributed by atoms with van der Waals surface area (Å²) in [5, 5.41) is 12.0. The Morgan fingerprint density at radius 2 is 0.679 bits per heavy atom. The number of carbonyl (C=O) groups is 6. The van der Waals surface area contributed by atoms with Gasteiger partial charge in [-0.05, 0) is 218 Å². The Morgan fingerprint density at radius 1 is 0.368 bits per heavy atom. The first kappa shape index (κ1) is 77.6. The van der Waals surface area contributed by atoms with E-state index in [0.29, 0.717) is 72.9 Å². The molecule has 0 unspecified atom stereocenters. The van der Waals surface area contributed by atoms with Crippen LogP contribution in [0.5, 0.6) is 0 Å². The van der Waals surface area contributed by atoms with Gasteiger partial charge < -0.3 is 29.6 Å². The number of benzene rings is 8. The Morgan fingerprint density at radius 3 is 1.01 bits per heavy atom. The maximum Gasteiger partial charge on any atom is 0.414 e. The van der Waals surface area contributed by atoms with E-state index in [4.69, 9.17) is 28.9 Å². The van der Waals surface area contributed by atoms with Crippen LogP contribution in [0.3, 0.4) is 0 Å². The summed E-state index contributed by atoms with van der Waals surface area (Å²) in [6.07, 6.45) is 4.04. The lowest BCUT2D eigenvalue weighted by molar-refractivity contribution is -0.538. The Labute approximate surface area is 622 Å². The van der Waals surface area contributed by atoms with Crippen LogP contribution in [0.25, 0.3) is 66.6 Å². The van der Waals surface area contributed by atoms with Crippen LogP contribution in [0.15, 0.2) is 158 Å². The summed E-state index contributed by atoms with van der Waals surface area (Å²) in [6.45, 7) is 31.6. The van der Waals surface area contributed by atoms with Gasteiger partial charge in [-0.1, -0.05) is 86.3 Å². The van der Waals surface area contributed by atoms with Crippen LogP contribution in [-0.2, 0) is 18.9 Å². The molecule has 6 amide bonds. The predicted octanol–water partition coefficient (Wildman–Crippen LogP) is 18.7. The molecule has 2 aromatic heterocycles.